The molecule has 0 saturated carbocycles. The van der Waals surface area contributed by atoms with E-state index >= 15 is 0 Å². The third kappa shape index (κ3) is 8.16. The lowest BCUT2D eigenvalue weighted by molar-refractivity contribution is -0.139. The van der Waals surface area contributed by atoms with E-state index in [1.54, 1.807) is 37.3 Å². The molecule has 208 valence electrons. The highest BCUT2D eigenvalue weighted by Crippen LogP contribution is 2.25. The third-order valence-corrected chi connectivity index (χ3v) is 8.82. The summed E-state index contributed by atoms with van der Waals surface area (Å²) >= 11 is 3.42. The van der Waals surface area contributed by atoms with E-state index in [1.807, 2.05) is 50.2 Å². The van der Waals surface area contributed by atoms with Crippen molar-refractivity contribution in [2.45, 2.75) is 57.5 Å². The summed E-state index contributed by atoms with van der Waals surface area (Å²) in [6, 6.07) is 21.9. The number of aryl methyl sites for hydroxylation is 1. The Morgan fingerprint density at radius 2 is 1.51 bits per heavy atom. The van der Waals surface area contributed by atoms with Crippen molar-refractivity contribution in [1.29, 1.82) is 0 Å². The van der Waals surface area contributed by atoms with Gasteiger partial charge in [-0.05, 0) is 67.3 Å². The van der Waals surface area contributed by atoms with Crippen LogP contribution in [0.5, 0.6) is 0 Å². The van der Waals surface area contributed by atoms with E-state index < -0.39 is 28.5 Å². The predicted octanol–water partition coefficient (Wildman–Crippen LogP) is 5.54. The molecule has 0 spiro atoms. The second-order valence-electron chi connectivity index (χ2n) is 9.31. The Morgan fingerprint density at radius 3 is 2.10 bits per heavy atom. The fourth-order valence-corrected chi connectivity index (χ4v) is 5.75. The van der Waals surface area contributed by atoms with Crippen LogP contribution < -0.4 is 9.62 Å². The molecule has 0 aromatic heterocycles. The van der Waals surface area contributed by atoms with Gasteiger partial charge in [-0.15, -0.1) is 0 Å². The second-order valence-corrected chi connectivity index (χ2v) is 12.1. The van der Waals surface area contributed by atoms with Crippen molar-refractivity contribution in [3.05, 3.63) is 94.5 Å². The molecular formula is C30H36BrN3O4S. The fraction of sp³-hybridized carbons (Fsp3) is 0.333. The van der Waals surface area contributed by atoms with Crippen LogP contribution in [0.3, 0.4) is 0 Å². The zero-order valence-corrected chi connectivity index (χ0v) is 25.0. The van der Waals surface area contributed by atoms with Crippen LogP contribution in [0.4, 0.5) is 5.69 Å². The fourth-order valence-electron chi connectivity index (χ4n) is 4.05. The Morgan fingerprint density at radius 1 is 0.897 bits per heavy atom. The maximum Gasteiger partial charge on any atom is 0.264 e. The highest BCUT2D eigenvalue weighted by Gasteiger charge is 2.32. The number of unbranched alkanes of at least 4 members (excludes halogenated alkanes) is 1. The second kappa shape index (κ2) is 14.3. The molecule has 0 aliphatic heterocycles. The Kier molecular flexibility index (Phi) is 11.1. The molecule has 0 radical (unpaired) electrons. The van der Waals surface area contributed by atoms with Gasteiger partial charge in [0.05, 0.1) is 10.6 Å². The third-order valence-electron chi connectivity index (χ3n) is 6.51. The van der Waals surface area contributed by atoms with Gasteiger partial charge in [0.15, 0.2) is 0 Å². The summed E-state index contributed by atoms with van der Waals surface area (Å²) in [5.74, 6) is -0.756. The number of benzene rings is 3. The molecule has 7 nitrogen and oxygen atoms in total. The van der Waals surface area contributed by atoms with Gasteiger partial charge in [0.1, 0.15) is 12.6 Å². The highest BCUT2D eigenvalue weighted by molar-refractivity contribution is 9.10. The van der Waals surface area contributed by atoms with Gasteiger partial charge in [0.2, 0.25) is 11.8 Å². The summed E-state index contributed by atoms with van der Waals surface area (Å²) < 4.78 is 29.6. The van der Waals surface area contributed by atoms with Crippen LogP contribution in [0.15, 0.2) is 88.2 Å². The number of amides is 2. The molecule has 2 amide bonds. The van der Waals surface area contributed by atoms with E-state index in [0.29, 0.717) is 12.2 Å². The smallest absolute Gasteiger partial charge is 0.264 e. The quantitative estimate of drug-likeness (QED) is 0.256. The molecule has 3 aromatic carbocycles. The van der Waals surface area contributed by atoms with Crippen molar-refractivity contribution in [2.24, 2.45) is 0 Å². The van der Waals surface area contributed by atoms with E-state index in [-0.39, 0.29) is 17.3 Å². The first-order chi connectivity index (χ1) is 18.7. The minimum atomic E-state index is -4.07. The van der Waals surface area contributed by atoms with Crippen LogP contribution in [0.1, 0.15) is 44.7 Å². The van der Waals surface area contributed by atoms with Gasteiger partial charge in [-0.1, -0.05) is 78.7 Å². The van der Waals surface area contributed by atoms with Crippen molar-refractivity contribution < 1.29 is 18.0 Å². The number of carbonyl (C=O) groups excluding carboxylic acids is 2. The zero-order chi connectivity index (χ0) is 28.4. The molecule has 1 unspecified atom stereocenters. The lowest BCUT2D eigenvalue weighted by Gasteiger charge is -2.32. The molecule has 0 heterocycles. The number of halogens is 1. The first-order valence-corrected chi connectivity index (χ1v) is 15.4. The van der Waals surface area contributed by atoms with Gasteiger partial charge in [0, 0.05) is 17.6 Å². The zero-order valence-electron chi connectivity index (χ0n) is 22.6. The Labute approximate surface area is 240 Å². The largest absolute Gasteiger partial charge is 0.354 e. The Bertz CT molecular complexity index is 1330. The van der Waals surface area contributed by atoms with Gasteiger partial charge < -0.3 is 10.2 Å². The molecule has 0 bridgehead atoms. The van der Waals surface area contributed by atoms with Crippen molar-refractivity contribution >= 4 is 43.5 Å². The molecule has 39 heavy (non-hydrogen) atoms. The summed E-state index contributed by atoms with van der Waals surface area (Å²) in [4.78, 5) is 28.4. The van der Waals surface area contributed by atoms with E-state index in [1.165, 1.54) is 17.0 Å². The maximum atomic E-state index is 13.9. The number of anilines is 1. The average molecular weight is 615 g/mol. The van der Waals surface area contributed by atoms with Crippen LogP contribution in [-0.4, -0.2) is 44.3 Å². The van der Waals surface area contributed by atoms with Crippen LogP contribution in [0.25, 0.3) is 0 Å². The van der Waals surface area contributed by atoms with E-state index in [4.69, 9.17) is 0 Å². The number of hydrogen-bond donors (Lipinski definition) is 1. The van der Waals surface area contributed by atoms with Gasteiger partial charge in [-0.3, -0.25) is 13.9 Å². The van der Waals surface area contributed by atoms with Gasteiger partial charge in [0.25, 0.3) is 10.0 Å². The van der Waals surface area contributed by atoms with Crippen LogP contribution in [0, 0.1) is 0 Å². The molecule has 0 fully saturated rings. The van der Waals surface area contributed by atoms with Crippen molar-refractivity contribution in [1.82, 2.24) is 10.2 Å². The first kappa shape index (κ1) is 30.4. The average Bonchev–Trinajstić information content (AvgIpc) is 2.95. The highest BCUT2D eigenvalue weighted by atomic mass is 79.9. The lowest BCUT2D eigenvalue weighted by Crippen LogP contribution is -2.51. The Balaban J connectivity index is 1.98. The van der Waals surface area contributed by atoms with Crippen molar-refractivity contribution in [2.75, 3.05) is 17.4 Å². The SMILES string of the molecule is CCCCNC(=O)C(C)N(Cc1ccc(Br)cc1)C(=O)CN(c1ccc(CC)cc1)S(=O)(=O)c1ccccc1. The van der Waals surface area contributed by atoms with E-state index in [0.717, 1.165) is 39.2 Å². The summed E-state index contributed by atoms with van der Waals surface area (Å²) in [5.41, 5.74) is 2.26. The molecular weight excluding hydrogens is 578 g/mol. The monoisotopic (exact) mass is 613 g/mol. The standard InChI is InChI=1S/C30H36BrN3O4S/c1-4-6-20-32-30(36)23(3)33(21-25-12-16-26(31)17-13-25)29(35)22-34(27-18-14-24(5-2)15-19-27)39(37,38)28-10-8-7-9-11-28/h7-19,23H,4-6,20-22H2,1-3H3,(H,32,36). The number of nitrogens with one attached hydrogen (secondary N) is 1. The van der Waals surface area contributed by atoms with Crippen molar-refractivity contribution in [3.63, 3.8) is 0 Å². The normalized spacial score (nSPS) is 12.0. The molecule has 0 aliphatic rings. The maximum absolute atomic E-state index is 13.9. The number of hydrogen-bond acceptors (Lipinski definition) is 4. The first-order valence-electron chi connectivity index (χ1n) is 13.2. The summed E-state index contributed by atoms with van der Waals surface area (Å²) in [7, 11) is -4.07. The molecule has 1 N–H and O–H groups in total. The van der Waals surface area contributed by atoms with Crippen LogP contribution in [-0.2, 0) is 32.6 Å². The molecule has 9 heteroatoms. The van der Waals surface area contributed by atoms with Gasteiger partial charge in [-0.25, -0.2) is 8.42 Å². The molecule has 0 aliphatic carbocycles. The summed E-state index contributed by atoms with van der Waals surface area (Å²) in [6.45, 7) is 5.94. The topological polar surface area (TPSA) is 86.8 Å². The molecule has 3 aromatic rings. The minimum Gasteiger partial charge on any atom is -0.354 e. The van der Waals surface area contributed by atoms with Gasteiger partial charge in [-0.2, -0.15) is 0 Å². The summed E-state index contributed by atoms with van der Waals surface area (Å²) in [6.07, 6.45) is 2.56. The number of sulfonamides is 1. The van der Waals surface area contributed by atoms with Crippen LogP contribution >= 0.6 is 15.9 Å². The number of carbonyl (C=O) groups is 2. The minimum absolute atomic E-state index is 0.0854. The van der Waals surface area contributed by atoms with E-state index in [2.05, 4.69) is 21.2 Å². The predicted molar refractivity (Wildman–Crippen MR) is 159 cm³/mol. The molecule has 1 atom stereocenters. The van der Waals surface area contributed by atoms with Gasteiger partial charge >= 0.3 is 0 Å². The lowest BCUT2D eigenvalue weighted by atomic mass is 10.1. The molecule has 0 saturated heterocycles. The summed E-state index contributed by atoms with van der Waals surface area (Å²) in [5, 5.41) is 2.90. The molecule has 3 rings (SSSR count). The van der Waals surface area contributed by atoms with Crippen LogP contribution in [0.2, 0.25) is 0 Å². The number of nitrogens with zero attached hydrogens (tertiary/aromatic N) is 2. The van der Waals surface area contributed by atoms with Crippen molar-refractivity contribution in [3.8, 4) is 0 Å². The number of rotatable bonds is 13. The Hall–Kier alpha value is -3.17. The van der Waals surface area contributed by atoms with E-state index in [9.17, 15) is 18.0 Å².